The lowest BCUT2D eigenvalue weighted by Gasteiger charge is -2.39. The summed E-state index contributed by atoms with van der Waals surface area (Å²) < 4.78 is 1.04. The first-order chi connectivity index (χ1) is 9.88. The molecule has 0 bridgehead atoms. The molecule has 1 aliphatic carbocycles. The summed E-state index contributed by atoms with van der Waals surface area (Å²) in [5.41, 5.74) is 1.19. The third kappa shape index (κ3) is 4.46. The lowest BCUT2D eigenvalue weighted by atomic mass is 9.73. The molecule has 1 nitrogen and oxygen atoms in total. The van der Waals surface area contributed by atoms with Crippen molar-refractivity contribution in [1.82, 2.24) is 5.32 Å². The Morgan fingerprint density at radius 3 is 2.57 bits per heavy atom. The van der Waals surface area contributed by atoms with Gasteiger partial charge in [0.15, 0.2) is 0 Å². The van der Waals surface area contributed by atoms with Crippen LogP contribution in [0.4, 0.5) is 0 Å². The van der Waals surface area contributed by atoms with Crippen molar-refractivity contribution in [2.75, 3.05) is 0 Å². The summed E-state index contributed by atoms with van der Waals surface area (Å²) in [4.78, 5) is 0. The second-order valence-corrected chi connectivity index (χ2v) is 8.31. The van der Waals surface area contributed by atoms with E-state index >= 15 is 0 Å². The zero-order valence-corrected chi connectivity index (χ0v) is 15.8. The van der Waals surface area contributed by atoms with Crippen LogP contribution >= 0.6 is 27.5 Å². The van der Waals surface area contributed by atoms with Crippen LogP contribution in [0.15, 0.2) is 22.7 Å². The minimum Gasteiger partial charge on any atom is -0.307 e. The first-order valence-electron chi connectivity index (χ1n) is 8.09. The molecular formula is C18H27BrClN. The number of halogens is 2. The van der Waals surface area contributed by atoms with E-state index in [1.807, 2.05) is 6.07 Å². The Balaban J connectivity index is 2.10. The van der Waals surface area contributed by atoms with E-state index in [0.29, 0.717) is 12.1 Å². The van der Waals surface area contributed by atoms with E-state index in [0.717, 1.165) is 27.2 Å². The fourth-order valence-corrected chi connectivity index (χ4v) is 4.49. The van der Waals surface area contributed by atoms with Gasteiger partial charge in [0, 0.05) is 21.6 Å². The van der Waals surface area contributed by atoms with Gasteiger partial charge >= 0.3 is 0 Å². The first-order valence-corrected chi connectivity index (χ1v) is 9.26. The summed E-state index contributed by atoms with van der Waals surface area (Å²) in [6.45, 7) is 9.31. The second kappa shape index (κ2) is 7.48. The number of benzene rings is 1. The van der Waals surface area contributed by atoms with Crippen LogP contribution in [-0.2, 0) is 0 Å². The van der Waals surface area contributed by atoms with Crippen LogP contribution in [0.25, 0.3) is 0 Å². The monoisotopic (exact) mass is 371 g/mol. The van der Waals surface area contributed by atoms with E-state index in [1.165, 1.54) is 24.8 Å². The molecule has 21 heavy (non-hydrogen) atoms. The van der Waals surface area contributed by atoms with E-state index < -0.39 is 0 Å². The molecule has 3 heteroatoms. The van der Waals surface area contributed by atoms with Gasteiger partial charge in [0.2, 0.25) is 0 Å². The van der Waals surface area contributed by atoms with Gasteiger partial charge in [0.25, 0.3) is 0 Å². The summed E-state index contributed by atoms with van der Waals surface area (Å²) in [5.74, 6) is 2.34. The second-order valence-electron chi connectivity index (χ2n) is 6.99. The minimum atomic E-state index is 0.294. The average Bonchev–Trinajstić information content (AvgIpc) is 2.37. The Hall–Kier alpha value is -0.0500. The van der Waals surface area contributed by atoms with Crippen LogP contribution in [0, 0.1) is 17.8 Å². The van der Waals surface area contributed by atoms with Gasteiger partial charge in [0.05, 0.1) is 0 Å². The fraction of sp³-hybridized carbons (Fsp3) is 0.667. The average molecular weight is 373 g/mol. The first kappa shape index (κ1) is 17.3. The van der Waals surface area contributed by atoms with Crippen LogP contribution in [0.5, 0.6) is 0 Å². The van der Waals surface area contributed by atoms with Crippen molar-refractivity contribution in [3.63, 3.8) is 0 Å². The fourth-order valence-electron chi connectivity index (χ4n) is 3.66. The topological polar surface area (TPSA) is 12.0 Å². The van der Waals surface area contributed by atoms with Crippen molar-refractivity contribution in [3.8, 4) is 0 Å². The number of rotatable bonds is 4. The Morgan fingerprint density at radius 1 is 1.24 bits per heavy atom. The maximum Gasteiger partial charge on any atom is 0.0464 e. The molecule has 0 spiro atoms. The Kier molecular flexibility index (Phi) is 6.16. The van der Waals surface area contributed by atoms with Crippen molar-refractivity contribution >= 4 is 27.5 Å². The number of hydrogen-bond acceptors (Lipinski definition) is 1. The van der Waals surface area contributed by atoms with Crippen LogP contribution < -0.4 is 5.32 Å². The highest BCUT2D eigenvalue weighted by molar-refractivity contribution is 9.10. The van der Waals surface area contributed by atoms with Gasteiger partial charge in [-0.05, 0) is 55.2 Å². The van der Waals surface area contributed by atoms with Crippen molar-refractivity contribution in [2.45, 2.75) is 59.0 Å². The third-order valence-corrected chi connectivity index (χ3v) is 5.74. The lowest BCUT2D eigenvalue weighted by Crippen LogP contribution is -2.43. The van der Waals surface area contributed by atoms with E-state index in [-0.39, 0.29) is 0 Å². The predicted molar refractivity (Wildman–Crippen MR) is 95.8 cm³/mol. The van der Waals surface area contributed by atoms with Crippen LogP contribution in [0.3, 0.4) is 0 Å². The van der Waals surface area contributed by atoms with E-state index in [1.54, 1.807) is 0 Å². The molecule has 1 aromatic rings. The minimum absolute atomic E-state index is 0.294. The SMILES string of the molecule is CC1CCC(C(C)C)C(NC(C)c2ccc(Br)cc2Cl)C1. The zero-order valence-electron chi connectivity index (χ0n) is 13.5. The maximum atomic E-state index is 6.40. The Morgan fingerprint density at radius 2 is 1.95 bits per heavy atom. The molecule has 1 aromatic carbocycles. The molecule has 0 saturated heterocycles. The van der Waals surface area contributed by atoms with Gasteiger partial charge in [0.1, 0.15) is 0 Å². The number of nitrogens with one attached hydrogen (secondary N) is 1. The number of hydrogen-bond donors (Lipinski definition) is 1. The summed E-state index contributed by atoms with van der Waals surface area (Å²) in [5, 5.41) is 4.70. The van der Waals surface area contributed by atoms with Gasteiger partial charge in [-0.1, -0.05) is 60.8 Å². The molecule has 1 saturated carbocycles. The molecule has 2 rings (SSSR count). The Labute approximate surface area is 143 Å². The predicted octanol–water partition coefficient (Wildman–Crippen LogP) is 6.21. The summed E-state index contributed by atoms with van der Waals surface area (Å²) in [6.07, 6.45) is 3.99. The van der Waals surface area contributed by atoms with Gasteiger partial charge in [-0.3, -0.25) is 0 Å². The molecule has 1 N–H and O–H groups in total. The molecule has 1 aliphatic rings. The highest BCUT2D eigenvalue weighted by Gasteiger charge is 2.31. The standard InChI is InChI=1S/C18H27BrClN/c1-11(2)15-7-5-12(3)9-18(15)21-13(4)16-8-6-14(19)10-17(16)20/h6,8,10-13,15,18,21H,5,7,9H2,1-4H3. The molecule has 1 fully saturated rings. The van der Waals surface area contributed by atoms with E-state index in [9.17, 15) is 0 Å². The van der Waals surface area contributed by atoms with Crippen molar-refractivity contribution in [1.29, 1.82) is 0 Å². The van der Waals surface area contributed by atoms with Crippen molar-refractivity contribution in [2.24, 2.45) is 17.8 Å². The molecule has 0 radical (unpaired) electrons. The Bertz CT molecular complexity index is 474. The summed E-state index contributed by atoms with van der Waals surface area (Å²) in [6, 6.07) is 7.08. The van der Waals surface area contributed by atoms with Crippen molar-refractivity contribution < 1.29 is 0 Å². The summed E-state index contributed by atoms with van der Waals surface area (Å²) >= 11 is 9.88. The molecule has 0 aliphatic heterocycles. The molecule has 4 atom stereocenters. The largest absolute Gasteiger partial charge is 0.307 e. The summed E-state index contributed by atoms with van der Waals surface area (Å²) in [7, 11) is 0. The molecule has 0 heterocycles. The quantitative estimate of drug-likeness (QED) is 0.662. The lowest BCUT2D eigenvalue weighted by molar-refractivity contribution is 0.161. The van der Waals surface area contributed by atoms with Gasteiger partial charge in [-0.25, -0.2) is 0 Å². The van der Waals surface area contributed by atoms with E-state index in [4.69, 9.17) is 11.6 Å². The normalized spacial score (nSPS) is 27.9. The van der Waals surface area contributed by atoms with Crippen LogP contribution in [0.1, 0.15) is 58.6 Å². The third-order valence-electron chi connectivity index (χ3n) is 4.92. The molecule has 0 amide bonds. The molecule has 118 valence electrons. The molecular weight excluding hydrogens is 346 g/mol. The highest BCUT2D eigenvalue weighted by Crippen LogP contribution is 2.35. The van der Waals surface area contributed by atoms with E-state index in [2.05, 4.69) is 61.1 Å². The molecule has 0 aromatic heterocycles. The smallest absolute Gasteiger partial charge is 0.0464 e. The van der Waals surface area contributed by atoms with Gasteiger partial charge in [-0.2, -0.15) is 0 Å². The zero-order chi connectivity index (χ0) is 15.6. The van der Waals surface area contributed by atoms with Gasteiger partial charge < -0.3 is 5.32 Å². The maximum absolute atomic E-state index is 6.40. The van der Waals surface area contributed by atoms with Crippen molar-refractivity contribution in [3.05, 3.63) is 33.3 Å². The van der Waals surface area contributed by atoms with Crippen LogP contribution in [-0.4, -0.2) is 6.04 Å². The van der Waals surface area contributed by atoms with Gasteiger partial charge in [-0.15, -0.1) is 0 Å². The highest BCUT2D eigenvalue weighted by atomic mass is 79.9. The van der Waals surface area contributed by atoms with Crippen LogP contribution in [0.2, 0.25) is 5.02 Å². The molecule has 4 unspecified atom stereocenters.